The lowest BCUT2D eigenvalue weighted by Gasteiger charge is -2.39. The van der Waals surface area contributed by atoms with Crippen molar-refractivity contribution in [3.05, 3.63) is 59.4 Å². The molecular weight excluding hydrogens is 573 g/mol. The van der Waals surface area contributed by atoms with Crippen LogP contribution in [0.15, 0.2) is 51.8 Å². The van der Waals surface area contributed by atoms with Crippen molar-refractivity contribution in [3.63, 3.8) is 0 Å². The molecule has 220 valence electrons. The standard InChI is InChI=1S/C28H32FN3O7S2/c1-3-39-28(34)26-19-7-8-20(13-19)27(26)32(15-17-4-9-21(29)10-5-17)25(33)14-24-30-22-11-6-18(16-40(2,35)36)12-23(22)41(37,38)31-24/h4-6,9-12,19-20,26-27H,3,7-8,13-16H2,1-2H3,(H,30,31)/t19-,20+,26?,27?/m0/s1. The van der Waals surface area contributed by atoms with Crippen LogP contribution in [-0.4, -0.2) is 58.4 Å². The molecule has 0 saturated heterocycles. The van der Waals surface area contributed by atoms with E-state index < -0.39 is 43.5 Å². The molecule has 13 heteroatoms. The summed E-state index contributed by atoms with van der Waals surface area (Å²) in [5, 5.41) is 2.91. The minimum Gasteiger partial charge on any atom is -0.466 e. The molecular formula is C28H32FN3O7S2. The number of carbonyl (C=O) groups is 2. The van der Waals surface area contributed by atoms with E-state index in [-0.39, 0.29) is 59.5 Å². The van der Waals surface area contributed by atoms with Crippen LogP contribution in [0.25, 0.3) is 0 Å². The molecule has 2 aromatic carbocycles. The van der Waals surface area contributed by atoms with Crippen LogP contribution in [0.2, 0.25) is 0 Å². The van der Waals surface area contributed by atoms with Crippen LogP contribution in [0.1, 0.15) is 43.7 Å². The Balaban J connectivity index is 1.44. The second-order valence-corrected chi connectivity index (χ2v) is 14.7. The summed E-state index contributed by atoms with van der Waals surface area (Å²) < 4.78 is 72.3. The summed E-state index contributed by atoms with van der Waals surface area (Å²) in [7, 11) is -7.61. The largest absolute Gasteiger partial charge is 0.466 e. The highest BCUT2D eigenvalue weighted by molar-refractivity contribution is 7.90. The number of nitrogens with zero attached hydrogens (tertiary/aromatic N) is 2. The molecule has 2 saturated carbocycles. The fourth-order valence-corrected chi connectivity index (χ4v) is 8.38. The van der Waals surface area contributed by atoms with Crippen molar-refractivity contribution in [2.75, 3.05) is 18.2 Å². The third-order valence-corrected chi connectivity index (χ3v) is 10.2. The van der Waals surface area contributed by atoms with E-state index in [1.165, 1.54) is 30.3 Å². The van der Waals surface area contributed by atoms with Crippen molar-refractivity contribution in [2.24, 2.45) is 22.2 Å². The van der Waals surface area contributed by atoms with Gasteiger partial charge in [0.1, 0.15) is 16.5 Å². The Morgan fingerprint density at radius 3 is 2.46 bits per heavy atom. The average molecular weight is 606 g/mol. The second-order valence-electron chi connectivity index (χ2n) is 11.0. The number of halogens is 1. The van der Waals surface area contributed by atoms with Crippen molar-refractivity contribution in [1.29, 1.82) is 0 Å². The Kier molecular flexibility index (Phi) is 7.94. The summed E-state index contributed by atoms with van der Waals surface area (Å²) in [4.78, 5) is 28.4. The summed E-state index contributed by atoms with van der Waals surface area (Å²) in [6.45, 7) is 2.06. The second kappa shape index (κ2) is 11.2. The molecule has 1 heterocycles. The molecule has 1 amide bonds. The van der Waals surface area contributed by atoms with Gasteiger partial charge in [-0.1, -0.05) is 18.2 Å². The lowest BCUT2D eigenvalue weighted by atomic mass is 9.83. The Morgan fingerprint density at radius 2 is 1.78 bits per heavy atom. The predicted octanol–water partition coefficient (Wildman–Crippen LogP) is 3.28. The number of carbonyl (C=O) groups excluding carboxylic acids is 2. The maximum atomic E-state index is 13.9. The first-order valence-corrected chi connectivity index (χ1v) is 17.0. The number of sulfone groups is 1. The van der Waals surface area contributed by atoms with Gasteiger partial charge in [0.05, 0.1) is 30.4 Å². The molecule has 2 aliphatic carbocycles. The van der Waals surface area contributed by atoms with Gasteiger partial charge in [-0.2, -0.15) is 8.42 Å². The van der Waals surface area contributed by atoms with E-state index in [9.17, 15) is 30.8 Å². The molecule has 1 N–H and O–H groups in total. The highest BCUT2D eigenvalue weighted by Crippen LogP contribution is 2.51. The third kappa shape index (κ3) is 6.30. The van der Waals surface area contributed by atoms with Crippen molar-refractivity contribution < 1.29 is 35.6 Å². The summed E-state index contributed by atoms with van der Waals surface area (Å²) in [5.74, 6) is -1.94. The molecule has 2 bridgehead atoms. The molecule has 2 aromatic rings. The molecule has 5 rings (SSSR count). The van der Waals surface area contributed by atoms with E-state index in [4.69, 9.17) is 4.74 Å². The number of anilines is 1. The van der Waals surface area contributed by atoms with Gasteiger partial charge < -0.3 is 15.0 Å². The van der Waals surface area contributed by atoms with E-state index in [0.717, 1.165) is 25.5 Å². The SMILES string of the molecule is CCOC(=O)C1C(N(Cc2ccc(F)cc2)C(=O)CC2=NS(=O)(=O)c3cc(CS(C)(=O)=O)ccc3N2)[C@@H]2CC[C@H]1C2. The number of fused-ring (bicyclic) bond motifs is 3. The Hall–Kier alpha value is -3.32. The lowest BCUT2D eigenvalue weighted by Crippen LogP contribution is -2.50. The number of esters is 1. The number of hydrogen-bond acceptors (Lipinski definition) is 8. The monoisotopic (exact) mass is 605 g/mol. The molecule has 4 atom stereocenters. The van der Waals surface area contributed by atoms with E-state index in [2.05, 4.69) is 9.71 Å². The van der Waals surface area contributed by atoms with Crippen LogP contribution in [-0.2, 0) is 46.5 Å². The van der Waals surface area contributed by atoms with Gasteiger partial charge in [0.15, 0.2) is 9.84 Å². The van der Waals surface area contributed by atoms with Gasteiger partial charge in [0.25, 0.3) is 10.0 Å². The maximum absolute atomic E-state index is 13.9. The summed E-state index contributed by atoms with van der Waals surface area (Å²) in [5.41, 5.74) is 1.16. The fraction of sp³-hybridized carbons (Fsp3) is 0.464. The zero-order chi connectivity index (χ0) is 29.5. The van der Waals surface area contributed by atoms with Crippen LogP contribution >= 0.6 is 0 Å². The van der Waals surface area contributed by atoms with Crippen molar-refractivity contribution >= 4 is 43.3 Å². The Labute approximate surface area is 239 Å². The first-order valence-electron chi connectivity index (χ1n) is 13.5. The quantitative estimate of drug-likeness (QED) is 0.430. The highest BCUT2D eigenvalue weighted by Gasteiger charge is 2.54. The average Bonchev–Trinajstić information content (AvgIpc) is 3.50. The molecule has 0 spiro atoms. The summed E-state index contributed by atoms with van der Waals surface area (Å²) >= 11 is 0. The van der Waals surface area contributed by atoms with Gasteiger partial charge in [0.2, 0.25) is 5.91 Å². The number of amidine groups is 1. The van der Waals surface area contributed by atoms with Crippen LogP contribution in [0, 0.1) is 23.6 Å². The van der Waals surface area contributed by atoms with Gasteiger partial charge in [0, 0.05) is 18.8 Å². The van der Waals surface area contributed by atoms with Gasteiger partial charge in [-0.15, -0.1) is 4.40 Å². The van der Waals surface area contributed by atoms with E-state index in [0.29, 0.717) is 11.1 Å². The summed E-state index contributed by atoms with van der Waals surface area (Å²) in [6, 6.07) is 9.54. The van der Waals surface area contributed by atoms with Crippen LogP contribution in [0.5, 0.6) is 0 Å². The first kappa shape index (κ1) is 29.2. The number of ether oxygens (including phenoxy) is 1. The number of hydrogen-bond donors (Lipinski definition) is 1. The van der Waals surface area contributed by atoms with Gasteiger partial charge in [-0.3, -0.25) is 9.59 Å². The van der Waals surface area contributed by atoms with Crippen LogP contribution in [0.3, 0.4) is 0 Å². The first-order chi connectivity index (χ1) is 19.3. The van der Waals surface area contributed by atoms with E-state index in [1.54, 1.807) is 24.0 Å². The Morgan fingerprint density at radius 1 is 1.10 bits per heavy atom. The number of amides is 1. The molecule has 0 aromatic heterocycles. The number of nitrogens with one attached hydrogen (secondary N) is 1. The molecule has 0 radical (unpaired) electrons. The van der Waals surface area contributed by atoms with E-state index in [1.807, 2.05) is 0 Å². The van der Waals surface area contributed by atoms with Crippen molar-refractivity contribution in [1.82, 2.24) is 4.90 Å². The molecule has 1 aliphatic heterocycles. The van der Waals surface area contributed by atoms with Crippen LogP contribution < -0.4 is 5.32 Å². The van der Waals surface area contributed by atoms with Gasteiger partial charge in [-0.25, -0.2) is 12.8 Å². The highest BCUT2D eigenvalue weighted by atomic mass is 32.2. The maximum Gasteiger partial charge on any atom is 0.311 e. The fourth-order valence-electron chi connectivity index (χ4n) is 6.40. The number of rotatable bonds is 9. The van der Waals surface area contributed by atoms with Crippen molar-refractivity contribution in [3.8, 4) is 0 Å². The van der Waals surface area contributed by atoms with Gasteiger partial charge >= 0.3 is 5.97 Å². The molecule has 41 heavy (non-hydrogen) atoms. The molecule has 2 unspecified atom stereocenters. The normalized spacial score (nSPS) is 24.2. The third-order valence-electron chi connectivity index (χ3n) is 7.96. The zero-order valence-corrected chi connectivity index (χ0v) is 24.4. The molecule has 3 aliphatic rings. The summed E-state index contributed by atoms with van der Waals surface area (Å²) in [6.07, 6.45) is 3.19. The number of sulfonamides is 1. The smallest absolute Gasteiger partial charge is 0.311 e. The molecule has 2 fully saturated rings. The van der Waals surface area contributed by atoms with Crippen molar-refractivity contribution in [2.45, 2.75) is 55.8 Å². The minimum atomic E-state index is -4.22. The number of benzene rings is 2. The topological polar surface area (TPSA) is 139 Å². The lowest BCUT2D eigenvalue weighted by molar-refractivity contribution is -0.154. The van der Waals surface area contributed by atoms with Crippen LogP contribution in [0.4, 0.5) is 10.1 Å². The van der Waals surface area contributed by atoms with Gasteiger partial charge in [-0.05, 0) is 73.4 Å². The Bertz CT molecular complexity index is 1610. The van der Waals surface area contributed by atoms with E-state index >= 15 is 0 Å². The predicted molar refractivity (Wildman–Crippen MR) is 150 cm³/mol. The zero-order valence-electron chi connectivity index (χ0n) is 22.7. The molecule has 10 nitrogen and oxygen atoms in total. The minimum absolute atomic E-state index is 0.0813.